The summed E-state index contributed by atoms with van der Waals surface area (Å²) >= 11 is 5.90. The monoisotopic (exact) mass is 472 g/mol. The van der Waals surface area contributed by atoms with Gasteiger partial charge in [0.2, 0.25) is 5.88 Å². The van der Waals surface area contributed by atoms with Crippen molar-refractivity contribution < 1.29 is 18.3 Å². The molecule has 33 heavy (non-hydrogen) atoms. The fourth-order valence-electron chi connectivity index (χ4n) is 4.29. The molecule has 0 saturated carbocycles. The number of amides is 1. The van der Waals surface area contributed by atoms with Crippen LogP contribution in [0.25, 0.3) is 0 Å². The molecule has 3 atom stereocenters. The number of aromatic nitrogens is 3. The number of likely N-dealkylation sites (tertiary alicyclic amines) is 1. The number of pyridine rings is 1. The lowest BCUT2D eigenvalue weighted by molar-refractivity contribution is 0.0483. The summed E-state index contributed by atoms with van der Waals surface area (Å²) in [4.78, 5) is 19.0. The van der Waals surface area contributed by atoms with Crippen LogP contribution in [-0.4, -0.2) is 45.2 Å². The number of nitrogens with zero attached hydrogens (tertiary/aromatic N) is 4. The topological polar surface area (TPSA) is 68.2 Å². The molecular formula is C24H23ClF2N4O2. The summed E-state index contributed by atoms with van der Waals surface area (Å²) in [5.41, 5.74) is 1.70. The Morgan fingerprint density at radius 3 is 2.70 bits per heavy atom. The standard InChI is InChI=1S/C24H23ClF2N4O2/c1-14-9-17(11-29-30-14)24(32)31-8-7-19(15(2)33-23-6-4-18(25)12-28-23)20(13-31)16-3-5-21(26)22(27)10-16/h3-6,9-12,15,19-20H,7-8,13H2,1-2H3/t15-,19+,20+/m0/s1. The largest absolute Gasteiger partial charge is 0.474 e. The summed E-state index contributed by atoms with van der Waals surface area (Å²) in [6.07, 6.45) is 3.26. The van der Waals surface area contributed by atoms with Gasteiger partial charge in [0.25, 0.3) is 5.91 Å². The Bertz CT molecular complexity index is 1150. The number of carbonyl (C=O) groups is 1. The molecule has 3 heterocycles. The molecule has 0 bridgehead atoms. The number of halogens is 3. The zero-order chi connectivity index (χ0) is 23.5. The lowest BCUT2D eigenvalue weighted by atomic mass is 9.77. The summed E-state index contributed by atoms with van der Waals surface area (Å²) in [6, 6.07) is 8.94. The summed E-state index contributed by atoms with van der Waals surface area (Å²) in [6.45, 7) is 4.51. The number of piperidine rings is 1. The van der Waals surface area contributed by atoms with Gasteiger partial charge in [0.1, 0.15) is 6.10 Å². The number of carbonyl (C=O) groups excluding carboxylic acids is 1. The Labute approximate surface area is 195 Å². The SMILES string of the molecule is Cc1cc(C(=O)N2CC[C@H]([C@H](C)Oc3ccc(Cl)cn3)[C@@H](c3ccc(F)c(F)c3)C2)cnn1. The molecule has 2 aromatic heterocycles. The van der Waals surface area contributed by atoms with E-state index in [-0.39, 0.29) is 23.8 Å². The van der Waals surface area contributed by atoms with Crippen molar-refractivity contribution in [1.29, 1.82) is 0 Å². The second-order valence-corrected chi connectivity index (χ2v) is 8.64. The summed E-state index contributed by atoms with van der Waals surface area (Å²) in [5, 5.41) is 8.27. The molecule has 3 aromatic rings. The quantitative estimate of drug-likeness (QED) is 0.532. The minimum absolute atomic E-state index is 0.0614. The van der Waals surface area contributed by atoms with Crippen LogP contribution in [0, 0.1) is 24.5 Å². The maximum absolute atomic E-state index is 14.1. The van der Waals surface area contributed by atoms with Crippen molar-refractivity contribution in [2.24, 2.45) is 5.92 Å². The van der Waals surface area contributed by atoms with Crippen LogP contribution in [0.1, 0.15) is 40.9 Å². The molecule has 0 radical (unpaired) electrons. The molecule has 1 fully saturated rings. The van der Waals surface area contributed by atoms with Gasteiger partial charge >= 0.3 is 0 Å². The molecule has 1 aliphatic rings. The molecule has 0 spiro atoms. The van der Waals surface area contributed by atoms with E-state index < -0.39 is 11.6 Å². The highest BCUT2D eigenvalue weighted by molar-refractivity contribution is 6.30. The van der Waals surface area contributed by atoms with E-state index in [0.717, 1.165) is 6.07 Å². The average Bonchev–Trinajstić information content (AvgIpc) is 2.81. The van der Waals surface area contributed by atoms with Crippen LogP contribution in [-0.2, 0) is 0 Å². The van der Waals surface area contributed by atoms with Gasteiger partial charge in [0.15, 0.2) is 11.6 Å². The molecule has 172 valence electrons. The second-order valence-electron chi connectivity index (χ2n) is 8.21. The lowest BCUT2D eigenvalue weighted by Crippen LogP contribution is -2.46. The maximum Gasteiger partial charge on any atom is 0.255 e. The van der Waals surface area contributed by atoms with Crippen molar-refractivity contribution in [2.75, 3.05) is 13.1 Å². The average molecular weight is 473 g/mol. The number of rotatable bonds is 5. The van der Waals surface area contributed by atoms with E-state index in [1.54, 1.807) is 36.1 Å². The summed E-state index contributed by atoms with van der Waals surface area (Å²) in [5.74, 6) is -1.91. The Morgan fingerprint density at radius 2 is 2.00 bits per heavy atom. The number of ether oxygens (including phenoxy) is 1. The van der Waals surface area contributed by atoms with Gasteiger partial charge in [0.05, 0.1) is 22.5 Å². The first kappa shape index (κ1) is 23.0. The lowest BCUT2D eigenvalue weighted by Gasteiger charge is -2.41. The van der Waals surface area contributed by atoms with Gasteiger partial charge in [0, 0.05) is 37.2 Å². The van der Waals surface area contributed by atoms with E-state index in [4.69, 9.17) is 16.3 Å². The second kappa shape index (κ2) is 9.79. The zero-order valence-electron chi connectivity index (χ0n) is 18.2. The van der Waals surface area contributed by atoms with Crippen LogP contribution in [0.3, 0.4) is 0 Å². The van der Waals surface area contributed by atoms with Crippen LogP contribution >= 0.6 is 11.6 Å². The molecule has 6 nitrogen and oxygen atoms in total. The first-order chi connectivity index (χ1) is 15.8. The molecule has 1 aliphatic heterocycles. The fourth-order valence-corrected chi connectivity index (χ4v) is 4.41. The smallest absolute Gasteiger partial charge is 0.255 e. The normalized spacial score (nSPS) is 19.2. The number of hydrogen-bond donors (Lipinski definition) is 0. The van der Waals surface area contributed by atoms with Crippen molar-refractivity contribution in [3.63, 3.8) is 0 Å². The van der Waals surface area contributed by atoms with Gasteiger partial charge in [-0.3, -0.25) is 4.79 Å². The van der Waals surface area contributed by atoms with Gasteiger partial charge in [-0.15, -0.1) is 0 Å². The van der Waals surface area contributed by atoms with Crippen molar-refractivity contribution >= 4 is 17.5 Å². The van der Waals surface area contributed by atoms with Crippen LogP contribution in [0.15, 0.2) is 48.8 Å². The number of hydrogen-bond acceptors (Lipinski definition) is 5. The third kappa shape index (κ3) is 5.27. The minimum Gasteiger partial charge on any atom is -0.474 e. The fraction of sp³-hybridized carbons (Fsp3) is 0.333. The highest BCUT2D eigenvalue weighted by Gasteiger charge is 2.37. The zero-order valence-corrected chi connectivity index (χ0v) is 19.0. The molecule has 1 amide bonds. The highest BCUT2D eigenvalue weighted by Crippen LogP contribution is 2.37. The molecule has 0 aliphatic carbocycles. The van der Waals surface area contributed by atoms with Gasteiger partial charge < -0.3 is 9.64 Å². The van der Waals surface area contributed by atoms with Crippen LogP contribution < -0.4 is 4.74 Å². The Balaban J connectivity index is 1.60. The Morgan fingerprint density at radius 1 is 1.18 bits per heavy atom. The van der Waals surface area contributed by atoms with Gasteiger partial charge in [-0.25, -0.2) is 13.8 Å². The predicted molar refractivity (Wildman–Crippen MR) is 119 cm³/mol. The van der Waals surface area contributed by atoms with E-state index >= 15 is 0 Å². The van der Waals surface area contributed by atoms with Gasteiger partial charge in [-0.2, -0.15) is 10.2 Å². The molecule has 0 unspecified atom stereocenters. The predicted octanol–water partition coefficient (Wildman–Crippen LogP) is 4.83. The summed E-state index contributed by atoms with van der Waals surface area (Å²) < 4.78 is 33.7. The Hall–Kier alpha value is -3.13. The summed E-state index contributed by atoms with van der Waals surface area (Å²) in [7, 11) is 0. The van der Waals surface area contributed by atoms with Crippen molar-refractivity contribution in [3.05, 3.63) is 82.3 Å². The molecule has 1 aromatic carbocycles. The number of aryl methyl sites for hydroxylation is 1. The third-order valence-electron chi connectivity index (χ3n) is 5.96. The van der Waals surface area contributed by atoms with Crippen LogP contribution in [0.2, 0.25) is 5.02 Å². The molecule has 0 N–H and O–H groups in total. The first-order valence-electron chi connectivity index (χ1n) is 10.6. The van der Waals surface area contributed by atoms with E-state index in [1.165, 1.54) is 18.5 Å². The molecule has 9 heteroatoms. The maximum atomic E-state index is 14.1. The third-order valence-corrected chi connectivity index (χ3v) is 6.18. The first-order valence-corrected chi connectivity index (χ1v) is 11.0. The van der Waals surface area contributed by atoms with E-state index in [9.17, 15) is 13.6 Å². The Kier molecular flexibility index (Phi) is 6.83. The van der Waals surface area contributed by atoms with Crippen molar-refractivity contribution in [1.82, 2.24) is 20.1 Å². The van der Waals surface area contributed by atoms with E-state index in [1.807, 2.05) is 6.92 Å². The van der Waals surface area contributed by atoms with Crippen LogP contribution in [0.5, 0.6) is 5.88 Å². The van der Waals surface area contributed by atoms with Crippen LogP contribution in [0.4, 0.5) is 8.78 Å². The molecule has 4 rings (SSSR count). The van der Waals surface area contributed by atoms with Gasteiger partial charge in [-0.1, -0.05) is 17.7 Å². The van der Waals surface area contributed by atoms with Gasteiger partial charge in [-0.05, 0) is 50.1 Å². The van der Waals surface area contributed by atoms with E-state index in [2.05, 4.69) is 15.2 Å². The molecular weight excluding hydrogens is 450 g/mol. The molecule has 1 saturated heterocycles. The van der Waals surface area contributed by atoms with E-state index in [0.29, 0.717) is 47.2 Å². The highest BCUT2D eigenvalue weighted by atomic mass is 35.5. The minimum atomic E-state index is -0.920. The van der Waals surface area contributed by atoms with Crippen molar-refractivity contribution in [2.45, 2.75) is 32.3 Å². The number of benzene rings is 1. The van der Waals surface area contributed by atoms with Crippen molar-refractivity contribution in [3.8, 4) is 5.88 Å².